The molecule has 1 saturated heterocycles. The number of nitrogens with zero attached hydrogens (tertiary/aromatic N) is 2. The van der Waals surface area contributed by atoms with Crippen molar-refractivity contribution in [1.82, 2.24) is 5.32 Å². The monoisotopic (exact) mass is 387 g/mol. The SMILES string of the molecule is CC12CCC(CC1=N/N=C1/NC(=O)C(=Cc3ccc(Cl)cc3)S1)C2(C)C. The summed E-state index contributed by atoms with van der Waals surface area (Å²) >= 11 is 7.23. The van der Waals surface area contributed by atoms with Gasteiger partial charge >= 0.3 is 0 Å². The minimum Gasteiger partial charge on any atom is -0.299 e. The molecule has 1 amide bonds. The molecule has 136 valence electrons. The van der Waals surface area contributed by atoms with Crippen LogP contribution in [-0.4, -0.2) is 16.8 Å². The molecule has 3 aliphatic rings. The summed E-state index contributed by atoms with van der Waals surface area (Å²) in [6.45, 7) is 7.00. The van der Waals surface area contributed by atoms with Gasteiger partial charge in [0.15, 0.2) is 5.17 Å². The molecule has 0 aromatic heterocycles. The van der Waals surface area contributed by atoms with Crippen molar-refractivity contribution in [2.24, 2.45) is 27.0 Å². The first kappa shape index (κ1) is 17.8. The zero-order valence-corrected chi connectivity index (χ0v) is 16.7. The normalized spacial score (nSPS) is 34.2. The summed E-state index contributed by atoms with van der Waals surface area (Å²) in [4.78, 5) is 12.8. The van der Waals surface area contributed by atoms with Crippen LogP contribution in [0.1, 0.15) is 45.6 Å². The molecule has 3 fully saturated rings. The summed E-state index contributed by atoms with van der Waals surface area (Å²) in [6, 6.07) is 7.39. The molecule has 2 atom stereocenters. The fraction of sp³-hybridized carbons (Fsp3) is 0.450. The zero-order valence-electron chi connectivity index (χ0n) is 15.2. The van der Waals surface area contributed by atoms with E-state index in [2.05, 4.69) is 36.3 Å². The maximum Gasteiger partial charge on any atom is 0.264 e. The van der Waals surface area contributed by atoms with Gasteiger partial charge in [0.05, 0.1) is 4.91 Å². The smallest absolute Gasteiger partial charge is 0.264 e. The number of thioether (sulfide) groups is 1. The number of fused-ring (bicyclic) bond motifs is 2. The lowest BCUT2D eigenvalue weighted by Gasteiger charge is -2.34. The number of amides is 1. The fourth-order valence-corrected chi connectivity index (χ4v) is 5.27. The lowest BCUT2D eigenvalue weighted by Crippen LogP contribution is -2.32. The van der Waals surface area contributed by atoms with Crippen LogP contribution in [0.4, 0.5) is 0 Å². The molecule has 4 nitrogen and oxygen atoms in total. The first-order valence-electron chi connectivity index (χ1n) is 8.91. The van der Waals surface area contributed by atoms with Gasteiger partial charge in [0.1, 0.15) is 0 Å². The second-order valence-corrected chi connectivity index (χ2v) is 9.53. The maximum absolute atomic E-state index is 12.2. The Hall–Kier alpha value is -1.59. The van der Waals surface area contributed by atoms with Gasteiger partial charge in [0, 0.05) is 16.1 Å². The van der Waals surface area contributed by atoms with E-state index in [0.717, 1.165) is 12.0 Å². The Balaban J connectivity index is 1.53. The second kappa shape index (κ2) is 6.24. The van der Waals surface area contributed by atoms with Crippen LogP contribution in [-0.2, 0) is 4.79 Å². The predicted octanol–water partition coefficient (Wildman–Crippen LogP) is 5.10. The van der Waals surface area contributed by atoms with Crippen molar-refractivity contribution in [1.29, 1.82) is 0 Å². The Morgan fingerprint density at radius 2 is 1.96 bits per heavy atom. The van der Waals surface area contributed by atoms with Crippen molar-refractivity contribution in [3.05, 3.63) is 39.8 Å². The van der Waals surface area contributed by atoms with E-state index in [1.807, 2.05) is 30.3 Å². The molecule has 1 aromatic rings. The largest absolute Gasteiger partial charge is 0.299 e. The Morgan fingerprint density at radius 1 is 1.23 bits per heavy atom. The van der Waals surface area contributed by atoms with Crippen LogP contribution < -0.4 is 5.32 Å². The van der Waals surface area contributed by atoms with Gasteiger partial charge in [0.2, 0.25) is 0 Å². The number of halogens is 1. The summed E-state index contributed by atoms with van der Waals surface area (Å²) in [6.07, 6.45) is 5.31. The molecule has 0 radical (unpaired) electrons. The molecule has 0 spiro atoms. The van der Waals surface area contributed by atoms with E-state index >= 15 is 0 Å². The Morgan fingerprint density at radius 3 is 2.58 bits per heavy atom. The third kappa shape index (κ3) is 2.81. The first-order valence-corrected chi connectivity index (χ1v) is 10.1. The van der Waals surface area contributed by atoms with Gasteiger partial charge in [-0.3, -0.25) is 10.1 Å². The highest BCUT2D eigenvalue weighted by atomic mass is 35.5. The molecule has 2 aliphatic carbocycles. The highest BCUT2D eigenvalue weighted by Crippen LogP contribution is 2.64. The molecule has 2 unspecified atom stereocenters. The standard InChI is InChI=1S/C20H22ClN3OS/c1-19(2)13-8-9-20(19,3)16(11-13)23-24-18-22-17(25)15(26-18)10-12-4-6-14(21)7-5-12/h4-7,10,13H,8-9,11H2,1-3H3,(H,22,24,25). The highest BCUT2D eigenvalue weighted by Gasteiger charge is 2.60. The summed E-state index contributed by atoms with van der Waals surface area (Å²) in [5, 5.41) is 13.0. The van der Waals surface area contributed by atoms with Crippen molar-refractivity contribution >= 4 is 46.2 Å². The number of hydrogen-bond acceptors (Lipinski definition) is 4. The van der Waals surface area contributed by atoms with Crippen LogP contribution in [0.3, 0.4) is 0 Å². The van der Waals surface area contributed by atoms with Crippen LogP contribution in [0.5, 0.6) is 0 Å². The quantitative estimate of drug-likeness (QED) is 0.566. The highest BCUT2D eigenvalue weighted by molar-refractivity contribution is 8.18. The fourth-order valence-electron chi connectivity index (χ4n) is 4.37. The van der Waals surface area contributed by atoms with Crippen LogP contribution >= 0.6 is 23.4 Å². The van der Waals surface area contributed by atoms with E-state index in [4.69, 9.17) is 11.6 Å². The number of carbonyl (C=O) groups excluding carboxylic acids is 1. The first-order chi connectivity index (χ1) is 12.3. The molecule has 2 saturated carbocycles. The summed E-state index contributed by atoms with van der Waals surface area (Å²) < 4.78 is 0. The Kier molecular flexibility index (Phi) is 4.27. The molecular formula is C20H22ClN3OS. The zero-order chi connectivity index (χ0) is 18.5. The molecular weight excluding hydrogens is 366 g/mol. The van der Waals surface area contributed by atoms with Crippen molar-refractivity contribution in [2.75, 3.05) is 0 Å². The minimum atomic E-state index is -0.136. The lowest BCUT2D eigenvalue weighted by atomic mass is 9.70. The molecule has 1 heterocycles. The van der Waals surface area contributed by atoms with Gasteiger partial charge in [-0.1, -0.05) is 44.5 Å². The number of hydrogen-bond donors (Lipinski definition) is 1. The molecule has 1 N–H and O–H groups in total. The van der Waals surface area contributed by atoms with Gasteiger partial charge in [-0.25, -0.2) is 0 Å². The average Bonchev–Trinajstić information content (AvgIpc) is 3.12. The molecule has 6 heteroatoms. The summed E-state index contributed by atoms with van der Waals surface area (Å²) in [5.41, 5.74) is 2.51. The lowest BCUT2D eigenvalue weighted by molar-refractivity contribution is -0.115. The Bertz CT molecular complexity index is 856. The van der Waals surface area contributed by atoms with Crippen molar-refractivity contribution in [3.63, 3.8) is 0 Å². The van der Waals surface area contributed by atoms with Gasteiger partial charge in [-0.05, 0) is 66.1 Å². The third-order valence-electron chi connectivity index (χ3n) is 6.59. The molecule has 26 heavy (non-hydrogen) atoms. The number of nitrogens with one attached hydrogen (secondary N) is 1. The van der Waals surface area contributed by atoms with Crippen molar-refractivity contribution < 1.29 is 4.79 Å². The van der Waals surface area contributed by atoms with Crippen molar-refractivity contribution in [3.8, 4) is 0 Å². The minimum absolute atomic E-state index is 0.122. The van der Waals surface area contributed by atoms with Crippen LogP contribution in [0.25, 0.3) is 6.08 Å². The van der Waals surface area contributed by atoms with E-state index in [0.29, 0.717) is 21.0 Å². The molecule has 2 bridgehead atoms. The number of carbonyl (C=O) groups is 1. The van der Waals surface area contributed by atoms with E-state index in [-0.39, 0.29) is 16.7 Å². The van der Waals surface area contributed by atoms with Gasteiger partial charge in [0.25, 0.3) is 5.91 Å². The van der Waals surface area contributed by atoms with Crippen LogP contribution in [0, 0.1) is 16.7 Å². The van der Waals surface area contributed by atoms with Crippen molar-refractivity contribution in [2.45, 2.75) is 40.0 Å². The van der Waals surface area contributed by atoms with Gasteiger partial charge < -0.3 is 0 Å². The topological polar surface area (TPSA) is 53.8 Å². The summed E-state index contributed by atoms with van der Waals surface area (Å²) in [7, 11) is 0. The van der Waals surface area contributed by atoms with E-state index < -0.39 is 0 Å². The third-order valence-corrected chi connectivity index (χ3v) is 7.74. The molecule has 4 rings (SSSR count). The maximum atomic E-state index is 12.2. The van der Waals surface area contributed by atoms with E-state index in [1.165, 1.54) is 30.3 Å². The predicted molar refractivity (Wildman–Crippen MR) is 109 cm³/mol. The van der Waals surface area contributed by atoms with E-state index in [1.54, 1.807) is 0 Å². The number of rotatable bonds is 2. The summed E-state index contributed by atoms with van der Waals surface area (Å²) in [5.74, 6) is 0.556. The van der Waals surface area contributed by atoms with Gasteiger partial charge in [-0.15, -0.1) is 5.10 Å². The number of benzene rings is 1. The number of amidine groups is 1. The molecule has 1 aromatic carbocycles. The average molecular weight is 388 g/mol. The van der Waals surface area contributed by atoms with E-state index in [9.17, 15) is 4.79 Å². The van der Waals surface area contributed by atoms with Crippen LogP contribution in [0.15, 0.2) is 39.4 Å². The molecule has 1 aliphatic heterocycles. The van der Waals surface area contributed by atoms with Crippen LogP contribution in [0.2, 0.25) is 5.02 Å². The van der Waals surface area contributed by atoms with Gasteiger partial charge in [-0.2, -0.15) is 5.10 Å². The Labute approximate surface area is 163 Å². The second-order valence-electron chi connectivity index (χ2n) is 8.06.